The number of aromatic nitrogens is 1. The molecule has 1 heterocycles. The average Bonchev–Trinajstić information content (AvgIpc) is 3.06. The Hall–Kier alpha value is -1.85. The lowest BCUT2D eigenvalue weighted by Gasteiger charge is -2.11. The number of hydrogen-bond acceptors (Lipinski definition) is 4. The first-order chi connectivity index (χ1) is 8.61. The molecule has 1 aliphatic rings. The van der Waals surface area contributed by atoms with Crippen LogP contribution in [0, 0.1) is 0 Å². The lowest BCUT2D eigenvalue weighted by atomic mass is 10.1. The molecule has 2 N–H and O–H groups in total. The third kappa shape index (κ3) is 2.88. The highest BCUT2D eigenvalue weighted by atomic mass is 16.5. The predicted molar refractivity (Wildman–Crippen MR) is 62.3 cm³/mol. The van der Waals surface area contributed by atoms with Crippen LogP contribution in [0.3, 0.4) is 0 Å². The van der Waals surface area contributed by atoms with Crippen molar-refractivity contribution >= 4 is 11.9 Å². The molecule has 1 amide bonds. The Balaban J connectivity index is 1.98. The smallest absolute Gasteiger partial charge is 0.326 e. The van der Waals surface area contributed by atoms with E-state index in [1.54, 1.807) is 6.07 Å². The zero-order valence-electron chi connectivity index (χ0n) is 10.2. The molecular formula is C12H16N2O4. The summed E-state index contributed by atoms with van der Waals surface area (Å²) in [5.41, 5.74) is 0.152. The average molecular weight is 252 g/mol. The molecule has 0 bridgehead atoms. The van der Waals surface area contributed by atoms with Crippen molar-refractivity contribution in [1.29, 1.82) is 0 Å². The van der Waals surface area contributed by atoms with Gasteiger partial charge in [-0.05, 0) is 19.3 Å². The van der Waals surface area contributed by atoms with Crippen LogP contribution in [-0.4, -0.2) is 28.2 Å². The highest BCUT2D eigenvalue weighted by molar-refractivity contribution is 5.94. The topological polar surface area (TPSA) is 92.4 Å². The Morgan fingerprint density at radius 1 is 1.61 bits per heavy atom. The molecule has 0 radical (unpaired) electrons. The second kappa shape index (κ2) is 5.20. The lowest BCUT2D eigenvalue weighted by Crippen LogP contribution is -2.40. The van der Waals surface area contributed by atoms with Crippen molar-refractivity contribution in [2.24, 2.45) is 0 Å². The molecule has 0 spiro atoms. The lowest BCUT2D eigenvalue weighted by molar-refractivity contribution is -0.139. The molecule has 98 valence electrons. The summed E-state index contributed by atoms with van der Waals surface area (Å²) < 4.78 is 5.05. The molecule has 1 aromatic heterocycles. The van der Waals surface area contributed by atoms with Gasteiger partial charge in [-0.1, -0.05) is 18.5 Å². The number of carboxylic acids is 1. The minimum absolute atomic E-state index is 0.152. The van der Waals surface area contributed by atoms with Gasteiger partial charge < -0.3 is 14.9 Å². The quantitative estimate of drug-likeness (QED) is 0.801. The second-order valence-electron chi connectivity index (χ2n) is 4.54. The van der Waals surface area contributed by atoms with E-state index in [1.165, 1.54) is 0 Å². The molecule has 0 aliphatic heterocycles. The maximum atomic E-state index is 11.8. The van der Waals surface area contributed by atoms with E-state index in [4.69, 9.17) is 9.63 Å². The summed E-state index contributed by atoms with van der Waals surface area (Å²) >= 11 is 0. The van der Waals surface area contributed by atoms with Crippen molar-refractivity contribution in [3.8, 4) is 0 Å². The van der Waals surface area contributed by atoms with Crippen LogP contribution < -0.4 is 5.32 Å². The van der Waals surface area contributed by atoms with Gasteiger partial charge in [0, 0.05) is 12.0 Å². The molecule has 1 aliphatic carbocycles. The van der Waals surface area contributed by atoms with Crippen molar-refractivity contribution < 1.29 is 19.2 Å². The number of hydrogen-bond donors (Lipinski definition) is 2. The molecular weight excluding hydrogens is 236 g/mol. The molecule has 1 aromatic rings. The van der Waals surface area contributed by atoms with E-state index in [9.17, 15) is 9.59 Å². The number of amides is 1. The van der Waals surface area contributed by atoms with Gasteiger partial charge in [-0.15, -0.1) is 0 Å². The Morgan fingerprint density at radius 2 is 2.33 bits per heavy atom. The third-order valence-corrected chi connectivity index (χ3v) is 2.92. The number of carboxylic acid groups (broad SMARTS) is 1. The first kappa shape index (κ1) is 12.6. The van der Waals surface area contributed by atoms with Crippen LogP contribution in [0.2, 0.25) is 0 Å². The third-order valence-electron chi connectivity index (χ3n) is 2.92. The van der Waals surface area contributed by atoms with E-state index >= 15 is 0 Å². The molecule has 6 heteroatoms. The summed E-state index contributed by atoms with van der Waals surface area (Å²) in [7, 11) is 0. The monoisotopic (exact) mass is 252 g/mol. The van der Waals surface area contributed by atoms with Crippen LogP contribution in [0.5, 0.6) is 0 Å². The highest BCUT2D eigenvalue weighted by Crippen LogP contribution is 2.40. The van der Waals surface area contributed by atoms with Gasteiger partial charge in [-0.2, -0.15) is 0 Å². The first-order valence-electron chi connectivity index (χ1n) is 6.12. The summed E-state index contributed by atoms with van der Waals surface area (Å²) in [5, 5.41) is 15.1. The Bertz CT molecular complexity index is 451. The Morgan fingerprint density at radius 3 is 2.89 bits per heavy atom. The van der Waals surface area contributed by atoms with Crippen molar-refractivity contribution in [3.63, 3.8) is 0 Å². The van der Waals surface area contributed by atoms with Gasteiger partial charge in [0.2, 0.25) is 0 Å². The number of carbonyl (C=O) groups excluding carboxylic acids is 1. The fourth-order valence-corrected chi connectivity index (χ4v) is 1.73. The maximum absolute atomic E-state index is 11.8. The van der Waals surface area contributed by atoms with E-state index in [2.05, 4.69) is 10.5 Å². The second-order valence-corrected chi connectivity index (χ2v) is 4.54. The molecule has 0 aromatic carbocycles. The predicted octanol–water partition coefficient (Wildman–Crippen LogP) is 1.54. The van der Waals surface area contributed by atoms with Crippen LogP contribution in [-0.2, 0) is 4.79 Å². The molecule has 0 unspecified atom stereocenters. The fourth-order valence-electron chi connectivity index (χ4n) is 1.73. The van der Waals surface area contributed by atoms with Crippen LogP contribution in [0.25, 0.3) is 0 Å². The van der Waals surface area contributed by atoms with Gasteiger partial charge in [-0.25, -0.2) is 4.79 Å². The zero-order chi connectivity index (χ0) is 13.1. The summed E-state index contributed by atoms with van der Waals surface area (Å²) in [6.07, 6.45) is 3.20. The maximum Gasteiger partial charge on any atom is 0.326 e. The van der Waals surface area contributed by atoms with Gasteiger partial charge in [0.1, 0.15) is 11.8 Å². The van der Waals surface area contributed by atoms with Gasteiger partial charge in [0.25, 0.3) is 5.91 Å². The number of carbonyl (C=O) groups is 2. The normalized spacial score (nSPS) is 16.3. The van der Waals surface area contributed by atoms with Crippen molar-refractivity contribution in [3.05, 3.63) is 17.5 Å². The standard InChI is InChI=1S/C12H16N2O4/c1-2-3-8(12(16)17)13-11(15)9-6-10(18-14-9)7-4-5-7/h6-8H,2-5H2,1H3,(H,13,15)(H,16,17)/t8-/m1/s1. The summed E-state index contributed by atoms with van der Waals surface area (Å²) in [4.78, 5) is 22.7. The van der Waals surface area contributed by atoms with Crippen molar-refractivity contribution in [2.45, 2.75) is 44.6 Å². The first-order valence-corrected chi connectivity index (χ1v) is 6.12. The van der Waals surface area contributed by atoms with Gasteiger partial charge in [-0.3, -0.25) is 4.79 Å². The molecule has 18 heavy (non-hydrogen) atoms. The molecule has 1 atom stereocenters. The van der Waals surface area contributed by atoms with Crippen LogP contribution >= 0.6 is 0 Å². The van der Waals surface area contributed by atoms with E-state index < -0.39 is 17.9 Å². The molecule has 1 saturated carbocycles. The van der Waals surface area contributed by atoms with Crippen LogP contribution in [0.1, 0.15) is 54.8 Å². The van der Waals surface area contributed by atoms with Crippen LogP contribution in [0.4, 0.5) is 0 Å². The summed E-state index contributed by atoms with van der Waals surface area (Å²) in [6.45, 7) is 1.86. The summed E-state index contributed by atoms with van der Waals surface area (Å²) in [5.74, 6) is -0.435. The molecule has 6 nitrogen and oxygen atoms in total. The highest BCUT2D eigenvalue weighted by Gasteiger charge is 2.29. The van der Waals surface area contributed by atoms with Crippen molar-refractivity contribution in [2.75, 3.05) is 0 Å². The zero-order valence-corrected chi connectivity index (χ0v) is 10.2. The number of aliphatic carboxylic acids is 1. The van der Waals surface area contributed by atoms with Gasteiger partial charge in [0.05, 0.1) is 0 Å². The minimum Gasteiger partial charge on any atom is -0.480 e. The van der Waals surface area contributed by atoms with E-state index in [0.717, 1.165) is 12.8 Å². The molecule has 0 saturated heterocycles. The number of nitrogens with one attached hydrogen (secondary N) is 1. The largest absolute Gasteiger partial charge is 0.480 e. The Kier molecular flexibility index (Phi) is 3.64. The van der Waals surface area contributed by atoms with Crippen LogP contribution in [0.15, 0.2) is 10.6 Å². The fraction of sp³-hybridized carbons (Fsp3) is 0.583. The molecule has 1 fully saturated rings. The SMILES string of the molecule is CCC[C@@H](NC(=O)c1cc(C2CC2)on1)C(=O)O. The minimum atomic E-state index is -1.03. The van der Waals surface area contributed by atoms with E-state index in [-0.39, 0.29) is 5.69 Å². The molecule has 2 rings (SSSR count). The Labute approximate surface area is 104 Å². The summed E-state index contributed by atoms with van der Waals surface area (Å²) in [6, 6.07) is 0.723. The van der Waals surface area contributed by atoms with E-state index in [0.29, 0.717) is 24.5 Å². The number of nitrogens with zero attached hydrogens (tertiary/aromatic N) is 1. The van der Waals surface area contributed by atoms with E-state index in [1.807, 2.05) is 6.92 Å². The van der Waals surface area contributed by atoms with Gasteiger partial charge >= 0.3 is 5.97 Å². The number of rotatable bonds is 6. The van der Waals surface area contributed by atoms with Gasteiger partial charge in [0.15, 0.2) is 5.69 Å². The van der Waals surface area contributed by atoms with Crippen molar-refractivity contribution in [1.82, 2.24) is 10.5 Å².